The van der Waals surface area contributed by atoms with E-state index in [1.54, 1.807) is 0 Å². The Labute approximate surface area is 173 Å². The Morgan fingerprint density at radius 3 is 2.61 bits per heavy atom. The summed E-state index contributed by atoms with van der Waals surface area (Å²) in [6.07, 6.45) is -2.98. The molecule has 1 aliphatic heterocycles. The first-order valence-electron chi connectivity index (χ1n) is 8.47. The molecule has 2 aromatic heterocycles. The van der Waals surface area contributed by atoms with E-state index in [0.717, 1.165) is 9.13 Å². The fourth-order valence-electron chi connectivity index (χ4n) is 3.04. The standard InChI is InChI=1S/C17H18IN5O5/c18-9-3-1-8(2-4-9)6-27-15-11-14(21-17(19)22-15)23(7-20-11)16-13(26)12(25)10(5-24)28-16/h1-4,7,10,12-13,16,24-26H,5-6H2,(H2,19,21,22)/t10-,12-,13-,16?/m1/s1. The topological polar surface area (TPSA) is 149 Å². The Hall–Kier alpha value is -2.06. The van der Waals surface area contributed by atoms with Crippen LogP contribution in [0.1, 0.15) is 11.8 Å². The van der Waals surface area contributed by atoms with E-state index in [0.29, 0.717) is 11.2 Å². The molecule has 28 heavy (non-hydrogen) atoms. The van der Waals surface area contributed by atoms with Crippen molar-refractivity contribution in [1.82, 2.24) is 19.5 Å². The molecule has 3 aromatic rings. The first-order chi connectivity index (χ1) is 13.5. The smallest absolute Gasteiger partial charge is 0.247 e. The van der Waals surface area contributed by atoms with E-state index >= 15 is 0 Å². The Morgan fingerprint density at radius 1 is 1.18 bits per heavy atom. The van der Waals surface area contributed by atoms with Gasteiger partial charge in [0.05, 0.1) is 12.9 Å². The number of aliphatic hydroxyl groups excluding tert-OH is 3. The maximum Gasteiger partial charge on any atom is 0.247 e. The molecule has 0 aliphatic carbocycles. The summed E-state index contributed by atoms with van der Waals surface area (Å²) in [6.45, 7) is -0.161. The fraction of sp³-hybridized carbons (Fsp3) is 0.353. The molecule has 5 N–H and O–H groups in total. The normalized spacial score (nSPS) is 24.7. The summed E-state index contributed by atoms with van der Waals surface area (Å²) >= 11 is 2.22. The highest BCUT2D eigenvalue weighted by Crippen LogP contribution is 2.33. The summed E-state index contributed by atoms with van der Waals surface area (Å²) < 4.78 is 13.9. The number of nitrogen functional groups attached to an aromatic ring is 1. The number of ether oxygens (including phenoxy) is 2. The van der Waals surface area contributed by atoms with Gasteiger partial charge in [-0.15, -0.1) is 0 Å². The maximum atomic E-state index is 10.3. The molecule has 148 valence electrons. The molecule has 1 aliphatic rings. The van der Waals surface area contributed by atoms with Crippen LogP contribution in [0.4, 0.5) is 5.95 Å². The molecule has 1 saturated heterocycles. The quantitative estimate of drug-likeness (QED) is 0.362. The van der Waals surface area contributed by atoms with Crippen molar-refractivity contribution in [3.05, 3.63) is 39.7 Å². The van der Waals surface area contributed by atoms with Crippen molar-refractivity contribution < 1.29 is 24.8 Å². The molecule has 11 heteroatoms. The van der Waals surface area contributed by atoms with Crippen molar-refractivity contribution in [1.29, 1.82) is 0 Å². The number of aromatic nitrogens is 4. The van der Waals surface area contributed by atoms with E-state index in [2.05, 4.69) is 37.5 Å². The molecular formula is C17H18IN5O5. The number of nitrogens with two attached hydrogens (primary N) is 1. The van der Waals surface area contributed by atoms with Crippen molar-refractivity contribution in [3.8, 4) is 5.88 Å². The van der Waals surface area contributed by atoms with Crippen LogP contribution in [0.2, 0.25) is 0 Å². The molecule has 1 fully saturated rings. The summed E-state index contributed by atoms with van der Waals surface area (Å²) in [7, 11) is 0. The average Bonchev–Trinajstić information content (AvgIpc) is 3.22. The van der Waals surface area contributed by atoms with Gasteiger partial charge < -0.3 is 30.5 Å². The van der Waals surface area contributed by atoms with Gasteiger partial charge in [-0.25, -0.2) is 4.98 Å². The minimum absolute atomic E-state index is 0.0291. The van der Waals surface area contributed by atoms with Crippen LogP contribution in [0, 0.1) is 3.57 Å². The third-order valence-corrected chi connectivity index (χ3v) is 5.21. The highest BCUT2D eigenvalue weighted by Gasteiger charge is 2.44. The van der Waals surface area contributed by atoms with Gasteiger partial charge in [0.2, 0.25) is 11.8 Å². The van der Waals surface area contributed by atoms with Crippen molar-refractivity contribution in [2.45, 2.75) is 31.1 Å². The summed E-state index contributed by atoms with van der Waals surface area (Å²) in [5.74, 6) is 0.171. The highest BCUT2D eigenvalue weighted by molar-refractivity contribution is 14.1. The lowest BCUT2D eigenvalue weighted by Gasteiger charge is -2.16. The molecule has 0 amide bonds. The van der Waals surface area contributed by atoms with Gasteiger partial charge in [-0.1, -0.05) is 12.1 Å². The Balaban J connectivity index is 1.64. The minimum atomic E-state index is -1.26. The molecule has 4 rings (SSSR count). The third-order valence-electron chi connectivity index (χ3n) is 4.49. The van der Waals surface area contributed by atoms with Gasteiger partial charge in [-0.3, -0.25) is 4.57 Å². The van der Waals surface area contributed by atoms with Crippen LogP contribution in [0.5, 0.6) is 5.88 Å². The van der Waals surface area contributed by atoms with E-state index in [-0.39, 0.29) is 18.4 Å². The predicted octanol–water partition coefficient (Wildman–Crippen LogP) is 0.204. The number of fused-ring (bicyclic) bond motifs is 1. The lowest BCUT2D eigenvalue weighted by Crippen LogP contribution is -2.33. The van der Waals surface area contributed by atoms with Gasteiger partial charge in [-0.2, -0.15) is 9.97 Å². The number of rotatable bonds is 5. The van der Waals surface area contributed by atoms with E-state index < -0.39 is 31.1 Å². The molecule has 1 unspecified atom stereocenters. The monoisotopic (exact) mass is 499 g/mol. The second-order valence-electron chi connectivity index (χ2n) is 6.36. The summed E-state index contributed by atoms with van der Waals surface area (Å²) in [4.78, 5) is 12.5. The molecular weight excluding hydrogens is 481 g/mol. The van der Waals surface area contributed by atoms with E-state index in [1.165, 1.54) is 10.9 Å². The van der Waals surface area contributed by atoms with Crippen molar-refractivity contribution in [3.63, 3.8) is 0 Å². The van der Waals surface area contributed by atoms with Crippen molar-refractivity contribution >= 4 is 39.7 Å². The van der Waals surface area contributed by atoms with Gasteiger partial charge in [0.25, 0.3) is 0 Å². The summed E-state index contributed by atoms with van der Waals surface area (Å²) in [5.41, 5.74) is 7.41. The van der Waals surface area contributed by atoms with Crippen molar-refractivity contribution in [2.75, 3.05) is 12.3 Å². The van der Waals surface area contributed by atoms with Crippen LogP contribution in [0.15, 0.2) is 30.6 Å². The first kappa shape index (κ1) is 19.3. The summed E-state index contributed by atoms with van der Waals surface area (Å²) in [5, 5.41) is 29.5. The summed E-state index contributed by atoms with van der Waals surface area (Å²) in [6, 6.07) is 7.84. The number of hydrogen-bond donors (Lipinski definition) is 4. The van der Waals surface area contributed by atoms with Crippen LogP contribution in [-0.4, -0.2) is 59.8 Å². The van der Waals surface area contributed by atoms with Gasteiger partial charge >= 0.3 is 0 Å². The molecule has 0 saturated carbocycles. The number of nitrogens with zero attached hydrogens (tertiary/aromatic N) is 4. The Bertz CT molecular complexity index is 982. The number of halogens is 1. The van der Waals surface area contributed by atoms with Crippen LogP contribution in [0.3, 0.4) is 0 Å². The van der Waals surface area contributed by atoms with Crippen LogP contribution in [0.25, 0.3) is 11.2 Å². The third kappa shape index (κ3) is 3.51. The number of aliphatic hydroxyl groups is 3. The van der Waals surface area contributed by atoms with E-state index in [1.807, 2.05) is 24.3 Å². The maximum absolute atomic E-state index is 10.3. The number of benzene rings is 1. The second-order valence-corrected chi connectivity index (χ2v) is 7.60. The number of imidazole rings is 1. The lowest BCUT2D eigenvalue weighted by molar-refractivity contribution is -0.0511. The number of hydrogen-bond acceptors (Lipinski definition) is 9. The molecule has 1 aromatic carbocycles. The van der Waals surface area contributed by atoms with E-state index in [4.69, 9.17) is 15.2 Å². The van der Waals surface area contributed by atoms with Gasteiger partial charge in [-0.05, 0) is 40.3 Å². The minimum Gasteiger partial charge on any atom is -0.471 e. The Morgan fingerprint density at radius 2 is 1.93 bits per heavy atom. The van der Waals surface area contributed by atoms with Crippen LogP contribution in [-0.2, 0) is 11.3 Å². The van der Waals surface area contributed by atoms with Gasteiger partial charge in [0, 0.05) is 3.57 Å². The largest absolute Gasteiger partial charge is 0.471 e. The zero-order valence-electron chi connectivity index (χ0n) is 14.5. The van der Waals surface area contributed by atoms with Gasteiger partial charge in [0.15, 0.2) is 17.4 Å². The molecule has 0 radical (unpaired) electrons. The Kier molecular flexibility index (Phi) is 5.33. The molecule has 10 nitrogen and oxygen atoms in total. The molecule has 4 atom stereocenters. The molecule has 0 bridgehead atoms. The average molecular weight is 499 g/mol. The van der Waals surface area contributed by atoms with Crippen LogP contribution < -0.4 is 10.5 Å². The molecule has 3 heterocycles. The fourth-order valence-corrected chi connectivity index (χ4v) is 3.40. The SMILES string of the molecule is Nc1nc(OCc2ccc(I)cc2)c2ncn(C3O[C@H](CO)[C@@H](O)[C@H]3O)c2n1. The van der Waals surface area contributed by atoms with E-state index in [9.17, 15) is 15.3 Å². The van der Waals surface area contributed by atoms with Crippen LogP contribution >= 0.6 is 22.6 Å². The lowest BCUT2D eigenvalue weighted by atomic mass is 10.1. The predicted molar refractivity (Wildman–Crippen MR) is 106 cm³/mol. The zero-order chi connectivity index (χ0) is 19.8. The van der Waals surface area contributed by atoms with Gasteiger partial charge in [0.1, 0.15) is 24.9 Å². The first-order valence-corrected chi connectivity index (χ1v) is 9.55. The molecule has 0 spiro atoms. The zero-order valence-corrected chi connectivity index (χ0v) is 16.7. The highest BCUT2D eigenvalue weighted by atomic mass is 127. The second kappa shape index (κ2) is 7.75. The van der Waals surface area contributed by atoms with Crippen molar-refractivity contribution in [2.24, 2.45) is 0 Å². The number of anilines is 1.